The molecule has 0 bridgehead atoms. The van der Waals surface area contributed by atoms with Crippen molar-refractivity contribution in [2.75, 3.05) is 11.6 Å². The van der Waals surface area contributed by atoms with E-state index in [1.165, 1.54) is 0 Å². The SMILES string of the molecule is Cc1nc(C)c([C@@H](C)NC(=O)[C@H]2CSCN2C(=O)c2c[nH]c3ccccc23)s1. The zero-order valence-corrected chi connectivity index (χ0v) is 17.6. The van der Waals surface area contributed by atoms with Gasteiger partial charge in [0.05, 0.1) is 28.2 Å². The average Bonchev–Trinajstić information content (AvgIpc) is 3.38. The first-order valence-corrected chi connectivity index (χ1v) is 11.1. The highest BCUT2D eigenvalue weighted by molar-refractivity contribution is 7.99. The molecule has 146 valence electrons. The van der Waals surface area contributed by atoms with Crippen molar-refractivity contribution in [3.8, 4) is 0 Å². The Balaban J connectivity index is 1.52. The van der Waals surface area contributed by atoms with Crippen LogP contribution in [0.25, 0.3) is 10.9 Å². The fourth-order valence-corrected chi connectivity index (χ4v) is 5.67. The number of hydrogen-bond acceptors (Lipinski definition) is 5. The molecule has 2 N–H and O–H groups in total. The molecule has 28 heavy (non-hydrogen) atoms. The first-order chi connectivity index (χ1) is 13.5. The third kappa shape index (κ3) is 3.42. The van der Waals surface area contributed by atoms with E-state index in [2.05, 4.69) is 15.3 Å². The Kier molecular flexibility index (Phi) is 5.16. The van der Waals surface area contributed by atoms with Gasteiger partial charge in [-0.1, -0.05) is 18.2 Å². The fourth-order valence-electron chi connectivity index (χ4n) is 3.59. The van der Waals surface area contributed by atoms with E-state index in [-0.39, 0.29) is 17.9 Å². The second kappa shape index (κ2) is 7.60. The van der Waals surface area contributed by atoms with Crippen LogP contribution in [0.2, 0.25) is 0 Å². The summed E-state index contributed by atoms with van der Waals surface area (Å²) in [5.74, 6) is 0.896. The predicted molar refractivity (Wildman–Crippen MR) is 114 cm³/mol. The zero-order valence-electron chi connectivity index (χ0n) is 16.0. The molecule has 1 aliphatic rings. The minimum atomic E-state index is -0.470. The number of carbonyl (C=O) groups is 2. The number of nitrogens with zero attached hydrogens (tertiary/aromatic N) is 2. The van der Waals surface area contributed by atoms with Crippen molar-refractivity contribution in [2.24, 2.45) is 0 Å². The molecule has 1 aromatic carbocycles. The molecular weight excluding hydrogens is 392 g/mol. The number of rotatable bonds is 4. The molecule has 4 rings (SSSR count). The zero-order chi connectivity index (χ0) is 19.8. The van der Waals surface area contributed by atoms with Crippen LogP contribution < -0.4 is 5.32 Å². The maximum Gasteiger partial charge on any atom is 0.257 e. The number of nitrogens with one attached hydrogen (secondary N) is 2. The number of fused-ring (bicyclic) bond motifs is 1. The Labute approximate surface area is 171 Å². The lowest BCUT2D eigenvalue weighted by atomic mass is 10.1. The van der Waals surface area contributed by atoms with Gasteiger partial charge in [0, 0.05) is 27.7 Å². The Hall–Kier alpha value is -2.32. The smallest absolute Gasteiger partial charge is 0.257 e. The summed E-state index contributed by atoms with van der Waals surface area (Å²) in [6, 6.07) is 7.11. The minimum absolute atomic E-state index is 0.111. The molecule has 3 heterocycles. The highest BCUT2D eigenvalue weighted by atomic mass is 32.2. The monoisotopic (exact) mass is 414 g/mol. The number of amides is 2. The number of thioether (sulfide) groups is 1. The highest BCUT2D eigenvalue weighted by Gasteiger charge is 2.36. The largest absolute Gasteiger partial charge is 0.360 e. The fraction of sp³-hybridized carbons (Fsp3) is 0.350. The molecular formula is C20H22N4O2S2. The first kappa shape index (κ1) is 19.0. The van der Waals surface area contributed by atoms with Gasteiger partial charge in [0.1, 0.15) is 6.04 Å². The molecule has 6 nitrogen and oxygen atoms in total. The van der Waals surface area contributed by atoms with Crippen molar-refractivity contribution in [1.29, 1.82) is 0 Å². The van der Waals surface area contributed by atoms with Crippen LogP contribution in [0, 0.1) is 13.8 Å². The summed E-state index contributed by atoms with van der Waals surface area (Å²) < 4.78 is 0. The quantitative estimate of drug-likeness (QED) is 0.683. The Morgan fingerprint density at radius 3 is 2.86 bits per heavy atom. The van der Waals surface area contributed by atoms with E-state index in [0.717, 1.165) is 26.5 Å². The van der Waals surface area contributed by atoms with E-state index >= 15 is 0 Å². The van der Waals surface area contributed by atoms with Crippen molar-refractivity contribution in [3.05, 3.63) is 51.6 Å². The summed E-state index contributed by atoms with van der Waals surface area (Å²) in [5.41, 5.74) is 2.48. The summed E-state index contributed by atoms with van der Waals surface area (Å²) in [5, 5.41) is 4.95. The van der Waals surface area contributed by atoms with Crippen molar-refractivity contribution in [1.82, 2.24) is 20.2 Å². The predicted octanol–water partition coefficient (Wildman–Crippen LogP) is 3.63. The van der Waals surface area contributed by atoms with Gasteiger partial charge in [0.2, 0.25) is 5.91 Å². The Morgan fingerprint density at radius 1 is 1.32 bits per heavy atom. The molecule has 1 aliphatic heterocycles. The molecule has 2 aromatic heterocycles. The van der Waals surface area contributed by atoms with Gasteiger partial charge in [-0.2, -0.15) is 0 Å². The molecule has 0 unspecified atom stereocenters. The third-order valence-corrected chi connectivity index (χ3v) is 7.22. The second-order valence-electron chi connectivity index (χ2n) is 6.95. The topological polar surface area (TPSA) is 78.1 Å². The third-order valence-electron chi connectivity index (χ3n) is 4.96. The second-order valence-corrected chi connectivity index (χ2v) is 9.19. The van der Waals surface area contributed by atoms with Crippen molar-refractivity contribution in [3.63, 3.8) is 0 Å². The van der Waals surface area contributed by atoms with Gasteiger partial charge in [-0.15, -0.1) is 23.1 Å². The minimum Gasteiger partial charge on any atom is -0.360 e. The number of hydrogen-bond donors (Lipinski definition) is 2. The van der Waals surface area contributed by atoms with Gasteiger partial charge in [-0.3, -0.25) is 9.59 Å². The maximum atomic E-state index is 13.2. The molecule has 2 amide bonds. The standard InChI is InChI=1S/C20H22N4O2S2/c1-11-18(28-13(3)22-11)12(2)23-19(25)17-9-27-10-24(17)20(26)15-8-21-16-7-5-4-6-14(15)16/h4-8,12,17,21H,9-10H2,1-3H3,(H,23,25)/t12-,17-/m1/s1. The molecule has 2 atom stereocenters. The molecule has 0 spiro atoms. The number of para-hydroxylation sites is 1. The Bertz CT molecular complexity index is 1040. The van der Waals surface area contributed by atoms with Crippen LogP contribution in [0.4, 0.5) is 0 Å². The summed E-state index contributed by atoms with van der Waals surface area (Å²) in [4.78, 5) is 36.4. The lowest BCUT2D eigenvalue weighted by molar-refractivity contribution is -0.125. The van der Waals surface area contributed by atoms with Crippen molar-refractivity contribution in [2.45, 2.75) is 32.9 Å². The van der Waals surface area contributed by atoms with Crippen molar-refractivity contribution < 1.29 is 9.59 Å². The van der Waals surface area contributed by atoms with Gasteiger partial charge < -0.3 is 15.2 Å². The van der Waals surface area contributed by atoms with Crippen LogP contribution >= 0.6 is 23.1 Å². The summed E-state index contributed by atoms with van der Waals surface area (Å²) in [6.45, 7) is 5.89. The summed E-state index contributed by atoms with van der Waals surface area (Å²) >= 11 is 3.20. The average molecular weight is 415 g/mol. The highest BCUT2D eigenvalue weighted by Crippen LogP contribution is 2.28. The van der Waals surface area contributed by atoms with E-state index in [9.17, 15) is 9.59 Å². The van der Waals surface area contributed by atoms with Crippen LogP contribution in [0.15, 0.2) is 30.5 Å². The van der Waals surface area contributed by atoms with Gasteiger partial charge in [-0.25, -0.2) is 4.98 Å². The molecule has 0 radical (unpaired) electrons. The van der Waals surface area contributed by atoms with Gasteiger partial charge in [-0.05, 0) is 26.8 Å². The number of aromatic nitrogens is 2. The van der Waals surface area contributed by atoms with E-state index < -0.39 is 6.04 Å². The van der Waals surface area contributed by atoms with Gasteiger partial charge in [0.15, 0.2) is 0 Å². The molecule has 1 saturated heterocycles. The normalized spacial score (nSPS) is 17.8. The van der Waals surface area contributed by atoms with Crippen LogP contribution in [-0.2, 0) is 4.79 Å². The van der Waals surface area contributed by atoms with Crippen LogP contribution in [0.3, 0.4) is 0 Å². The number of benzene rings is 1. The number of H-pyrrole nitrogens is 1. The first-order valence-electron chi connectivity index (χ1n) is 9.15. The summed E-state index contributed by atoms with van der Waals surface area (Å²) in [6.07, 6.45) is 1.73. The number of aryl methyl sites for hydroxylation is 2. The molecule has 8 heteroatoms. The van der Waals surface area contributed by atoms with Crippen LogP contribution in [-0.4, -0.2) is 44.4 Å². The van der Waals surface area contributed by atoms with E-state index in [0.29, 0.717) is 17.2 Å². The van der Waals surface area contributed by atoms with E-state index in [1.807, 2.05) is 45.0 Å². The molecule has 3 aromatic rings. The number of thiazole rings is 1. The number of carbonyl (C=O) groups excluding carboxylic acids is 2. The van der Waals surface area contributed by atoms with Crippen LogP contribution in [0.1, 0.15) is 38.9 Å². The van der Waals surface area contributed by atoms with Crippen LogP contribution in [0.5, 0.6) is 0 Å². The van der Waals surface area contributed by atoms with Crippen molar-refractivity contribution >= 4 is 45.8 Å². The van der Waals surface area contributed by atoms with Gasteiger partial charge >= 0.3 is 0 Å². The number of aromatic amines is 1. The van der Waals surface area contributed by atoms with E-state index in [4.69, 9.17) is 0 Å². The lowest BCUT2D eigenvalue weighted by Crippen LogP contribution is -2.47. The lowest BCUT2D eigenvalue weighted by Gasteiger charge is -2.24. The molecule has 0 aliphatic carbocycles. The molecule has 0 saturated carbocycles. The summed E-state index contributed by atoms with van der Waals surface area (Å²) in [7, 11) is 0. The Morgan fingerprint density at radius 2 is 2.11 bits per heavy atom. The molecule has 1 fully saturated rings. The maximum absolute atomic E-state index is 13.2. The van der Waals surface area contributed by atoms with E-state index in [1.54, 1.807) is 34.2 Å². The van der Waals surface area contributed by atoms with Gasteiger partial charge in [0.25, 0.3) is 5.91 Å².